The number of sulfone groups is 1. The summed E-state index contributed by atoms with van der Waals surface area (Å²) >= 11 is 3.28. The Hall–Kier alpha value is -0.920. The number of carbonyl (C=O) groups is 1. The zero-order valence-corrected chi connectivity index (χ0v) is 14.3. The molecule has 0 bridgehead atoms. The molecule has 1 fully saturated rings. The maximum absolute atomic E-state index is 12.2. The Morgan fingerprint density at radius 1 is 1.33 bits per heavy atom. The number of benzene rings is 1. The summed E-state index contributed by atoms with van der Waals surface area (Å²) in [5.74, 6) is 0.0352. The van der Waals surface area contributed by atoms with Crippen molar-refractivity contribution in [1.82, 2.24) is 5.32 Å². The third kappa shape index (κ3) is 5.41. The third-order valence-corrected chi connectivity index (χ3v) is 5.64. The van der Waals surface area contributed by atoms with Crippen molar-refractivity contribution in [2.75, 3.05) is 25.9 Å². The highest BCUT2D eigenvalue weighted by atomic mass is 79.9. The second-order valence-electron chi connectivity index (χ2n) is 5.50. The van der Waals surface area contributed by atoms with Crippen molar-refractivity contribution in [3.8, 4) is 0 Å². The fraction of sp³-hybridized carbons (Fsp3) is 0.500. The topological polar surface area (TPSA) is 67.7 Å². The molecule has 1 atom stereocenters. The van der Waals surface area contributed by atoms with E-state index in [1.54, 1.807) is 24.3 Å². The fourth-order valence-corrected chi connectivity index (χ4v) is 3.61. The van der Waals surface area contributed by atoms with Crippen molar-refractivity contribution < 1.29 is 18.1 Å². The summed E-state index contributed by atoms with van der Waals surface area (Å²) < 4.78 is 25.2. The second-order valence-corrected chi connectivity index (χ2v) is 8.52. The molecule has 1 unspecified atom stereocenters. The zero-order valence-electron chi connectivity index (χ0n) is 11.9. The van der Waals surface area contributed by atoms with Crippen LogP contribution < -0.4 is 10.2 Å². The molecule has 1 amide bonds. The zero-order chi connectivity index (χ0) is 15.5. The molecule has 0 aliphatic heterocycles. The normalized spacial score (nSPS) is 16.5. The maximum atomic E-state index is 12.2. The third-order valence-electron chi connectivity index (χ3n) is 3.38. The van der Waals surface area contributed by atoms with Gasteiger partial charge in [0, 0.05) is 10.5 Å². The van der Waals surface area contributed by atoms with E-state index in [0.717, 1.165) is 22.2 Å². The van der Waals surface area contributed by atoms with E-state index in [2.05, 4.69) is 21.2 Å². The van der Waals surface area contributed by atoms with Gasteiger partial charge in [-0.3, -0.25) is 4.79 Å². The van der Waals surface area contributed by atoms with E-state index in [0.29, 0.717) is 24.0 Å². The molecule has 1 aliphatic carbocycles. The minimum absolute atomic E-state index is 0.00367. The Morgan fingerprint density at radius 2 is 1.95 bits per heavy atom. The molecule has 0 aromatic heterocycles. The number of hydrogen-bond donors (Lipinski definition) is 2. The minimum Gasteiger partial charge on any atom is -0.348 e. The van der Waals surface area contributed by atoms with Gasteiger partial charge in [-0.2, -0.15) is 0 Å². The molecule has 2 N–H and O–H groups in total. The van der Waals surface area contributed by atoms with Gasteiger partial charge in [0.1, 0.15) is 5.75 Å². The van der Waals surface area contributed by atoms with Crippen molar-refractivity contribution in [3.05, 3.63) is 28.7 Å². The average molecular weight is 376 g/mol. The van der Waals surface area contributed by atoms with E-state index < -0.39 is 9.84 Å². The molecule has 7 heteroatoms. The quantitative estimate of drug-likeness (QED) is 0.705. The highest BCUT2D eigenvalue weighted by Crippen LogP contribution is 2.18. The second kappa shape index (κ2) is 6.89. The Balaban J connectivity index is 1.82. The SMILES string of the molecule is C[NH+](CCS(=O)(=O)c1ccc(Br)cc1)CC(=O)NC1CC1. The summed E-state index contributed by atoms with van der Waals surface area (Å²) in [6.07, 6.45) is 2.12. The maximum Gasteiger partial charge on any atom is 0.275 e. The van der Waals surface area contributed by atoms with Crippen molar-refractivity contribution in [2.45, 2.75) is 23.8 Å². The van der Waals surface area contributed by atoms with Gasteiger partial charge in [0.2, 0.25) is 0 Å². The minimum atomic E-state index is -3.29. The molecule has 0 spiro atoms. The number of hydrogen-bond acceptors (Lipinski definition) is 3. The van der Waals surface area contributed by atoms with Gasteiger partial charge in [-0.1, -0.05) is 15.9 Å². The number of halogens is 1. The molecule has 0 radical (unpaired) electrons. The van der Waals surface area contributed by atoms with E-state index in [4.69, 9.17) is 0 Å². The molecule has 1 saturated carbocycles. The lowest BCUT2D eigenvalue weighted by atomic mass is 10.4. The first kappa shape index (κ1) is 16.5. The molecule has 0 saturated heterocycles. The van der Waals surface area contributed by atoms with Crippen LogP contribution in [-0.2, 0) is 14.6 Å². The molecule has 5 nitrogen and oxygen atoms in total. The van der Waals surface area contributed by atoms with Crippen molar-refractivity contribution >= 4 is 31.7 Å². The van der Waals surface area contributed by atoms with Crippen LogP contribution in [0.1, 0.15) is 12.8 Å². The van der Waals surface area contributed by atoms with Gasteiger partial charge in [0.05, 0.1) is 18.5 Å². The molecule has 1 aromatic carbocycles. The monoisotopic (exact) mass is 375 g/mol. The van der Waals surface area contributed by atoms with E-state index in [9.17, 15) is 13.2 Å². The Kier molecular flexibility index (Phi) is 5.40. The highest BCUT2D eigenvalue weighted by molar-refractivity contribution is 9.10. The molecule has 21 heavy (non-hydrogen) atoms. The van der Waals surface area contributed by atoms with Gasteiger partial charge in [0.25, 0.3) is 5.91 Å². The van der Waals surface area contributed by atoms with E-state index in [1.807, 2.05) is 7.05 Å². The van der Waals surface area contributed by atoms with Crippen LogP contribution in [0, 0.1) is 0 Å². The molecule has 116 valence electrons. The summed E-state index contributed by atoms with van der Waals surface area (Å²) in [4.78, 5) is 12.9. The summed E-state index contributed by atoms with van der Waals surface area (Å²) in [6.45, 7) is 0.725. The number of carbonyl (C=O) groups excluding carboxylic acids is 1. The smallest absolute Gasteiger partial charge is 0.275 e. The molecular formula is C14H20BrN2O3S+. The van der Waals surface area contributed by atoms with Crippen LogP contribution in [0.15, 0.2) is 33.6 Å². The lowest BCUT2D eigenvalue weighted by molar-refractivity contribution is -0.868. The number of rotatable bonds is 7. The summed E-state index contributed by atoms with van der Waals surface area (Å²) in [5, 5.41) is 2.91. The molecule has 0 heterocycles. The van der Waals surface area contributed by atoms with E-state index in [1.165, 1.54) is 0 Å². The summed E-state index contributed by atoms with van der Waals surface area (Å²) in [6, 6.07) is 6.96. The van der Waals surface area contributed by atoms with Gasteiger partial charge in [-0.05, 0) is 37.1 Å². The van der Waals surface area contributed by atoms with Crippen LogP contribution in [0.2, 0.25) is 0 Å². The first-order valence-electron chi connectivity index (χ1n) is 6.96. The van der Waals surface area contributed by atoms with Gasteiger partial charge in [-0.25, -0.2) is 8.42 Å². The Bertz CT molecular complexity index is 597. The van der Waals surface area contributed by atoms with Gasteiger partial charge in [0.15, 0.2) is 16.4 Å². The molecule has 1 aliphatic rings. The number of amides is 1. The van der Waals surface area contributed by atoms with Crippen LogP contribution >= 0.6 is 15.9 Å². The predicted octanol–water partition coefficient (Wildman–Crippen LogP) is 0.0161. The Morgan fingerprint density at radius 3 is 2.52 bits per heavy atom. The van der Waals surface area contributed by atoms with Crippen LogP contribution in [-0.4, -0.2) is 46.3 Å². The number of likely N-dealkylation sites (N-methyl/N-ethyl adjacent to an activating group) is 1. The van der Waals surface area contributed by atoms with Crippen molar-refractivity contribution in [1.29, 1.82) is 0 Å². The lowest BCUT2D eigenvalue weighted by Gasteiger charge is -2.14. The lowest BCUT2D eigenvalue weighted by Crippen LogP contribution is -3.10. The average Bonchev–Trinajstić information content (AvgIpc) is 3.21. The first-order chi connectivity index (χ1) is 9.87. The van der Waals surface area contributed by atoms with E-state index in [-0.39, 0.29) is 11.7 Å². The largest absolute Gasteiger partial charge is 0.348 e. The summed E-state index contributed by atoms with van der Waals surface area (Å²) in [5.41, 5.74) is 0. The van der Waals surface area contributed by atoms with E-state index >= 15 is 0 Å². The van der Waals surface area contributed by atoms with Crippen LogP contribution in [0.5, 0.6) is 0 Å². The standard InChI is InChI=1S/C14H19BrN2O3S/c1-17(10-14(18)16-12-4-5-12)8-9-21(19,20)13-6-2-11(15)3-7-13/h2-3,6-7,12H,4-5,8-10H2,1H3,(H,16,18)/p+1. The van der Waals surface area contributed by atoms with Crippen LogP contribution in [0.3, 0.4) is 0 Å². The van der Waals surface area contributed by atoms with Crippen LogP contribution in [0.4, 0.5) is 0 Å². The number of quaternary nitrogens is 1. The summed E-state index contributed by atoms with van der Waals surface area (Å²) in [7, 11) is -1.46. The molecular weight excluding hydrogens is 356 g/mol. The predicted molar refractivity (Wildman–Crippen MR) is 84.0 cm³/mol. The van der Waals surface area contributed by atoms with Gasteiger partial charge < -0.3 is 10.2 Å². The van der Waals surface area contributed by atoms with Crippen LogP contribution in [0.25, 0.3) is 0 Å². The van der Waals surface area contributed by atoms with Gasteiger partial charge >= 0.3 is 0 Å². The van der Waals surface area contributed by atoms with Gasteiger partial charge in [-0.15, -0.1) is 0 Å². The Labute approximate surface area is 133 Å². The highest BCUT2D eigenvalue weighted by Gasteiger charge is 2.25. The van der Waals surface area contributed by atoms with Crippen molar-refractivity contribution in [3.63, 3.8) is 0 Å². The first-order valence-corrected chi connectivity index (χ1v) is 9.40. The number of nitrogens with one attached hydrogen (secondary N) is 2. The fourth-order valence-electron chi connectivity index (χ4n) is 1.94. The molecule has 1 aromatic rings. The molecule has 2 rings (SSSR count). The van der Waals surface area contributed by atoms with Crippen molar-refractivity contribution in [2.24, 2.45) is 0 Å².